The van der Waals surface area contributed by atoms with Gasteiger partial charge in [0.1, 0.15) is 0 Å². The van der Waals surface area contributed by atoms with Crippen LogP contribution in [0.1, 0.15) is 24.0 Å². The van der Waals surface area contributed by atoms with E-state index in [0.29, 0.717) is 37.5 Å². The van der Waals surface area contributed by atoms with Gasteiger partial charge < -0.3 is 9.80 Å². The third-order valence-electron chi connectivity index (χ3n) is 5.93. The smallest absolute Gasteiger partial charge is 0.227 e. The van der Waals surface area contributed by atoms with Crippen molar-refractivity contribution in [3.8, 4) is 5.69 Å². The zero-order chi connectivity index (χ0) is 22.5. The van der Waals surface area contributed by atoms with Crippen LogP contribution in [0, 0.1) is 5.92 Å². The van der Waals surface area contributed by atoms with Crippen molar-refractivity contribution in [2.24, 2.45) is 5.92 Å². The highest BCUT2D eigenvalue weighted by molar-refractivity contribution is 6.30. The molecule has 1 atom stereocenters. The van der Waals surface area contributed by atoms with Gasteiger partial charge in [-0.1, -0.05) is 35.9 Å². The summed E-state index contributed by atoms with van der Waals surface area (Å²) < 4.78 is 1.80. The van der Waals surface area contributed by atoms with Gasteiger partial charge in [0.15, 0.2) is 0 Å². The van der Waals surface area contributed by atoms with Crippen molar-refractivity contribution in [1.82, 2.24) is 19.6 Å². The maximum absolute atomic E-state index is 13.1. The van der Waals surface area contributed by atoms with Gasteiger partial charge in [-0.2, -0.15) is 5.10 Å². The zero-order valence-electron chi connectivity index (χ0n) is 18.2. The molecule has 1 aromatic heterocycles. The van der Waals surface area contributed by atoms with Crippen molar-refractivity contribution in [1.29, 1.82) is 0 Å². The van der Waals surface area contributed by atoms with Crippen molar-refractivity contribution in [3.05, 3.63) is 83.1 Å². The van der Waals surface area contributed by atoms with Crippen LogP contribution in [0.5, 0.6) is 0 Å². The van der Waals surface area contributed by atoms with Crippen molar-refractivity contribution in [2.45, 2.75) is 25.8 Å². The Morgan fingerprint density at radius 1 is 1.12 bits per heavy atom. The molecule has 2 heterocycles. The maximum atomic E-state index is 13.1. The molecule has 3 aromatic rings. The number of aromatic nitrogens is 2. The minimum atomic E-state index is -0.161. The van der Waals surface area contributed by atoms with Crippen LogP contribution >= 0.6 is 11.6 Å². The number of carbonyl (C=O) groups is 2. The number of benzene rings is 2. The van der Waals surface area contributed by atoms with E-state index in [4.69, 9.17) is 11.6 Å². The molecule has 0 radical (unpaired) electrons. The number of hydrogen-bond donors (Lipinski definition) is 0. The lowest BCUT2D eigenvalue weighted by Crippen LogP contribution is -2.46. The van der Waals surface area contributed by atoms with Crippen LogP contribution in [0.4, 0.5) is 0 Å². The average molecular weight is 451 g/mol. The van der Waals surface area contributed by atoms with Crippen LogP contribution in [0.15, 0.2) is 67.0 Å². The lowest BCUT2D eigenvalue weighted by atomic mass is 9.95. The van der Waals surface area contributed by atoms with Crippen molar-refractivity contribution < 1.29 is 9.59 Å². The largest absolute Gasteiger partial charge is 0.342 e. The van der Waals surface area contributed by atoms with Gasteiger partial charge in [-0.25, -0.2) is 4.68 Å². The fourth-order valence-electron chi connectivity index (χ4n) is 4.09. The van der Waals surface area contributed by atoms with E-state index in [-0.39, 0.29) is 17.7 Å². The number of amides is 2. The molecule has 1 saturated heterocycles. The monoisotopic (exact) mass is 450 g/mol. The second kappa shape index (κ2) is 10.0. The number of carbonyl (C=O) groups excluding carboxylic acids is 2. The van der Waals surface area contributed by atoms with Gasteiger partial charge in [0.05, 0.1) is 11.6 Å². The predicted molar refractivity (Wildman–Crippen MR) is 124 cm³/mol. The molecular weight excluding hydrogens is 424 g/mol. The summed E-state index contributed by atoms with van der Waals surface area (Å²) in [6.45, 7) is 1.63. The standard InChI is InChI=1S/C25H27ClN4O2/c1-28(17-20-5-10-23(11-6-20)30-15-2-14-27-30)25(32)21-7-12-24(31)29(18-21)16-13-19-3-8-22(26)9-4-19/h2-6,8-11,14-15,21H,7,12-13,16-18H2,1H3/t21-/m1/s1. The van der Waals surface area contributed by atoms with E-state index in [1.807, 2.05) is 72.7 Å². The normalized spacial score (nSPS) is 16.2. The molecule has 7 heteroatoms. The summed E-state index contributed by atoms with van der Waals surface area (Å²) in [5.74, 6) is 0.0521. The van der Waals surface area contributed by atoms with E-state index in [1.165, 1.54) is 0 Å². The highest BCUT2D eigenvalue weighted by Crippen LogP contribution is 2.21. The first-order chi connectivity index (χ1) is 15.5. The SMILES string of the molecule is CN(Cc1ccc(-n2cccn2)cc1)C(=O)[C@@H]1CCC(=O)N(CCc2ccc(Cl)cc2)C1. The summed E-state index contributed by atoms with van der Waals surface area (Å²) in [7, 11) is 1.83. The molecule has 32 heavy (non-hydrogen) atoms. The first-order valence-corrected chi connectivity index (χ1v) is 11.2. The van der Waals surface area contributed by atoms with Gasteiger partial charge in [-0.15, -0.1) is 0 Å². The lowest BCUT2D eigenvalue weighted by Gasteiger charge is -2.34. The Morgan fingerprint density at radius 3 is 2.53 bits per heavy atom. The topological polar surface area (TPSA) is 58.4 Å². The molecule has 1 aliphatic heterocycles. The first kappa shape index (κ1) is 22.1. The van der Waals surface area contributed by atoms with Crippen LogP contribution in [0.3, 0.4) is 0 Å². The van der Waals surface area contributed by atoms with E-state index >= 15 is 0 Å². The fourth-order valence-corrected chi connectivity index (χ4v) is 4.21. The molecule has 166 valence electrons. The van der Waals surface area contributed by atoms with E-state index in [2.05, 4.69) is 5.10 Å². The summed E-state index contributed by atoms with van der Waals surface area (Å²) >= 11 is 5.95. The molecule has 2 amide bonds. The van der Waals surface area contributed by atoms with Crippen LogP contribution in [0.2, 0.25) is 5.02 Å². The molecule has 4 rings (SSSR count). The van der Waals surface area contributed by atoms with Crippen LogP contribution < -0.4 is 0 Å². The second-order valence-corrected chi connectivity index (χ2v) is 8.70. The summed E-state index contributed by atoms with van der Waals surface area (Å²) in [6, 6.07) is 17.6. The molecule has 0 bridgehead atoms. The molecule has 2 aromatic carbocycles. The third-order valence-corrected chi connectivity index (χ3v) is 6.19. The molecule has 0 unspecified atom stereocenters. The van der Waals surface area contributed by atoms with Gasteiger partial charge in [0.25, 0.3) is 0 Å². The lowest BCUT2D eigenvalue weighted by molar-refractivity contribution is -0.142. The van der Waals surface area contributed by atoms with Crippen molar-refractivity contribution in [2.75, 3.05) is 20.1 Å². The zero-order valence-corrected chi connectivity index (χ0v) is 18.9. The summed E-state index contributed by atoms with van der Waals surface area (Å²) in [6.07, 6.45) is 5.42. The fraction of sp³-hybridized carbons (Fsp3) is 0.320. The number of rotatable bonds is 7. The molecular formula is C25H27ClN4O2. The van der Waals surface area contributed by atoms with Crippen LogP contribution in [-0.2, 0) is 22.6 Å². The summed E-state index contributed by atoms with van der Waals surface area (Å²) in [4.78, 5) is 29.1. The number of nitrogens with zero attached hydrogens (tertiary/aromatic N) is 4. The van der Waals surface area contributed by atoms with Crippen LogP contribution in [0.25, 0.3) is 5.69 Å². The van der Waals surface area contributed by atoms with Crippen molar-refractivity contribution >= 4 is 23.4 Å². The van der Waals surface area contributed by atoms with Crippen LogP contribution in [-0.4, -0.2) is 51.5 Å². The Hall–Kier alpha value is -3.12. The molecule has 1 aliphatic rings. The minimum Gasteiger partial charge on any atom is -0.342 e. The molecule has 0 spiro atoms. The highest BCUT2D eigenvalue weighted by atomic mass is 35.5. The molecule has 0 N–H and O–H groups in total. The highest BCUT2D eigenvalue weighted by Gasteiger charge is 2.31. The number of hydrogen-bond acceptors (Lipinski definition) is 3. The molecule has 6 nitrogen and oxygen atoms in total. The Labute approximate surface area is 193 Å². The van der Waals surface area contributed by atoms with Gasteiger partial charge in [0.2, 0.25) is 11.8 Å². The van der Waals surface area contributed by atoms with Gasteiger partial charge in [-0.3, -0.25) is 9.59 Å². The summed E-state index contributed by atoms with van der Waals surface area (Å²) in [5, 5.41) is 4.93. The quantitative estimate of drug-likeness (QED) is 0.547. The van der Waals surface area contributed by atoms with E-state index < -0.39 is 0 Å². The maximum Gasteiger partial charge on any atom is 0.227 e. The van der Waals surface area contributed by atoms with Crippen molar-refractivity contribution in [3.63, 3.8) is 0 Å². The minimum absolute atomic E-state index is 0.0881. The van der Waals surface area contributed by atoms with E-state index in [1.54, 1.807) is 15.8 Å². The Balaban J connectivity index is 1.32. The van der Waals surface area contributed by atoms with Gasteiger partial charge in [0, 0.05) is 50.5 Å². The molecule has 0 saturated carbocycles. The predicted octanol–water partition coefficient (Wildman–Crippen LogP) is 3.97. The average Bonchev–Trinajstić information content (AvgIpc) is 3.34. The van der Waals surface area contributed by atoms with Gasteiger partial charge >= 0.3 is 0 Å². The second-order valence-electron chi connectivity index (χ2n) is 8.26. The summed E-state index contributed by atoms with van der Waals surface area (Å²) in [5.41, 5.74) is 3.17. The molecule has 1 fully saturated rings. The Kier molecular flexibility index (Phi) is 6.90. The first-order valence-electron chi connectivity index (χ1n) is 10.9. The van der Waals surface area contributed by atoms with E-state index in [0.717, 1.165) is 23.2 Å². The number of piperidine rings is 1. The Morgan fingerprint density at radius 2 is 1.84 bits per heavy atom. The Bertz CT molecular complexity index is 1050. The van der Waals surface area contributed by atoms with Gasteiger partial charge in [-0.05, 0) is 54.3 Å². The third kappa shape index (κ3) is 5.37. The molecule has 0 aliphatic carbocycles. The van der Waals surface area contributed by atoms with E-state index in [9.17, 15) is 9.59 Å². The number of halogens is 1. The number of likely N-dealkylation sites (tertiary alicyclic amines) is 1.